The molecule has 3 rings (SSSR count). The van der Waals surface area contributed by atoms with E-state index in [1.807, 2.05) is 6.07 Å². The molecule has 19 heavy (non-hydrogen) atoms. The number of nitrogens with one attached hydrogen (secondary N) is 1. The summed E-state index contributed by atoms with van der Waals surface area (Å²) in [6.45, 7) is 5.49. The van der Waals surface area contributed by atoms with E-state index >= 15 is 0 Å². The van der Waals surface area contributed by atoms with E-state index in [4.69, 9.17) is 10.6 Å². The lowest BCUT2D eigenvalue weighted by molar-refractivity contribution is 0.248. The van der Waals surface area contributed by atoms with Crippen molar-refractivity contribution in [1.29, 1.82) is 0 Å². The Hall–Kier alpha value is -1.06. The highest BCUT2D eigenvalue weighted by atomic mass is 16.5. The minimum Gasteiger partial charge on any atom is -0.493 e. The Morgan fingerprint density at radius 2 is 2.16 bits per heavy atom. The number of para-hydroxylation sites is 1. The Morgan fingerprint density at radius 1 is 1.42 bits per heavy atom. The first kappa shape index (κ1) is 12.9. The topological polar surface area (TPSA) is 47.3 Å². The van der Waals surface area contributed by atoms with Gasteiger partial charge in [-0.15, -0.1) is 0 Å². The van der Waals surface area contributed by atoms with Gasteiger partial charge in [0.05, 0.1) is 6.61 Å². The zero-order valence-electron chi connectivity index (χ0n) is 11.9. The monoisotopic (exact) mass is 260 g/mol. The standard InChI is InChI=1S/C16H24N2O/c1-16(2)10-13(16)14(18-17)9-11-7-8-19-15-6-4-3-5-12(11)15/h3-6,11,13-14,18H,7-10,17H2,1-2H3. The van der Waals surface area contributed by atoms with Crippen LogP contribution in [0.5, 0.6) is 5.75 Å². The van der Waals surface area contributed by atoms with E-state index in [2.05, 4.69) is 37.5 Å². The molecule has 3 nitrogen and oxygen atoms in total. The minimum absolute atomic E-state index is 0.422. The third-order valence-electron chi connectivity index (χ3n) is 4.91. The summed E-state index contributed by atoms with van der Waals surface area (Å²) in [5, 5.41) is 0. The number of benzene rings is 1. The van der Waals surface area contributed by atoms with Crippen LogP contribution in [0.3, 0.4) is 0 Å². The van der Waals surface area contributed by atoms with E-state index in [1.165, 1.54) is 12.0 Å². The smallest absolute Gasteiger partial charge is 0.122 e. The lowest BCUT2D eigenvalue weighted by Crippen LogP contribution is -2.39. The van der Waals surface area contributed by atoms with Crippen molar-refractivity contribution in [2.45, 2.75) is 45.1 Å². The molecule has 1 heterocycles. The second kappa shape index (κ2) is 4.80. The van der Waals surface area contributed by atoms with Crippen LogP contribution < -0.4 is 16.0 Å². The van der Waals surface area contributed by atoms with Gasteiger partial charge < -0.3 is 4.74 Å². The minimum atomic E-state index is 0.422. The van der Waals surface area contributed by atoms with Crippen LogP contribution in [0.15, 0.2) is 24.3 Å². The van der Waals surface area contributed by atoms with E-state index in [0.29, 0.717) is 23.3 Å². The Kier molecular flexibility index (Phi) is 3.27. The molecule has 0 aromatic heterocycles. The van der Waals surface area contributed by atoms with E-state index < -0.39 is 0 Å². The maximum absolute atomic E-state index is 5.79. The molecule has 3 atom stereocenters. The molecule has 104 valence electrons. The predicted octanol–water partition coefficient (Wildman–Crippen LogP) is 2.82. The van der Waals surface area contributed by atoms with Crippen LogP contribution in [-0.4, -0.2) is 12.6 Å². The van der Waals surface area contributed by atoms with E-state index in [0.717, 1.165) is 25.2 Å². The largest absolute Gasteiger partial charge is 0.493 e. The average Bonchev–Trinajstić information content (AvgIpc) is 3.05. The van der Waals surface area contributed by atoms with E-state index in [9.17, 15) is 0 Å². The summed E-state index contributed by atoms with van der Waals surface area (Å²) in [5.74, 6) is 8.14. The lowest BCUT2D eigenvalue weighted by Gasteiger charge is -2.29. The lowest BCUT2D eigenvalue weighted by atomic mass is 9.85. The molecule has 1 aliphatic carbocycles. The molecule has 1 saturated carbocycles. The second-order valence-corrected chi connectivity index (χ2v) is 6.68. The van der Waals surface area contributed by atoms with E-state index in [1.54, 1.807) is 0 Å². The molecule has 0 bridgehead atoms. The second-order valence-electron chi connectivity index (χ2n) is 6.68. The van der Waals surface area contributed by atoms with Gasteiger partial charge in [-0.05, 0) is 48.1 Å². The van der Waals surface area contributed by atoms with Gasteiger partial charge >= 0.3 is 0 Å². The fourth-order valence-corrected chi connectivity index (χ4v) is 3.51. The fraction of sp³-hybridized carbons (Fsp3) is 0.625. The molecule has 1 fully saturated rings. The van der Waals surface area contributed by atoms with Crippen molar-refractivity contribution in [2.24, 2.45) is 17.2 Å². The summed E-state index contributed by atoms with van der Waals surface area (Å²) in [7, 11) is 0. The Balaban J connectivity index is 1.73. The molecule has 0 saturated heterocycles. The molecule has 0 amide bonds. The van der Waals surface area contributed by atoms with Crippen LogP contribution in [0, 0.1) is 11.3 Å². The Labute approximate surface area is 115 Å². The van der Waals surface area contributed by atoms with Gasteiger partial charge in [-0.2, -0.15) is 0 Å². The molecule has 1 aliphatic heterocycles. The van der Waals surface area contributed by atoms with Crippen LogP contribution >= 0.6 is 0 Å². The number of hydrazine groups is 1. The van der Waals surface area contributed by atoms with E-state index in [-0.39, 0.29) is 0 Å². The van der Waals surface area contributed by atoms with Gasteiger partial charge in [0.25, 0.3) is 0 Å². The number of hydrogen-bond acceptors (Lipinski definition) is 3. The van der Waals surface area contributed by atoms with Crippen LogP contribution in [0.4, 0.5) is 0 Å². The maximum Gasteiger partial charge on any atom is 0.122 e. The quantitative estimate of drug-likeness (QED) is 0.646. The maximum atomic E-state index is 5.79. The number of rotatable bonds is 4. The summed E-state index contributed by atoms with van der Waals surface area (Å²) in [5.41, 5.74) is 4.87. The van der Waals surface area contributed by atoms with Crippen molar-refractivity contribution in [3.63, 3.8) is 0 Å². The average molecular weight is 260 g/mol. The first-order chi connectivity index (χ1) is 9.12. The highest BCUT2D eigenvalue weighted by Gasteiger charge is 2.50. The molecular weight excluding hydrogens is 236 g/mol. The normalized spacial score (nSPS) is 29.2. The van der Waals surface area contributed by atoms with Crippen molar-refractivity contribution in [3.05, 3.63) is 29.8 Å². The summed E-state index contributed by atoms with van der Waals surface area (Å²) in [4.78, 5) is 0. The summed E-state index contributed by atoms with van der Waals surface area (Å²) in [6.07, 6.45) is 3.50. The summed E-state index contributed by atoms with van der Waals surface area (Å²) < 4.78 is 5.73. The van der Waals surface area contributed by atoms with Gasteiger partial charge in [-0.1, -0.05) is 32.0 Å². The Morgan fingerprint density at radius 3 is 2.84 bits per heavy atom. The molecule has 0 spiro atoms. The van der Waals surface area contributed by atoms with Gasteiger partial charge in [0.15, 0.2) is 0 Å². The Bertz CT molecular complexity index is 458. The first-order valence-electron chi connectivity index (χ1n) is 7.29. The zero-order valence-corrected chi connectivity index (χ0v) is 11.9. The van der Waals surface area contributed by atoms with Crippen molar-refractivity contribution >= 4 is 0 Å². The molecule has 1 aromatic carbocycles. The van der Waals surface area contributed by atoms with Gasteiger partial charge in [0.1, 0.15) is 5.75 Å². The number of ether oxygens (including phenoxy) is 1. The van der Waals surface area contributed by atoms with Crippen molar-refractivity contribution in [1.82, 2.24) is 5.43 Å². The van der Waals surface area contributed by atoms with Crippen LogP contribution in [-0.2, 0) is 0 Å². The molecule has 1 aromatic rings. The molecule has 3 N–H and O–H groups in total. The third-order valence-corrected chi connectivity index (χ3v) is 4.91. The molecule has 3 heteroatoms. The van der Waals surface area contributed by atoms with Crippen molar-refractivity contribution < 1.29 is 4.74 Å². The molecule has 3 unspecified atom stereocenters. The zero-order chi connectivity index (χ0) is 13.5. The van der Waals surface area contributed by atoms with Gasteiger partial charge in [-0.3, -0.25) is 11.3 Å². The predicted molar refractivity (Wildman–Crippen MR) is 76.9 cm³/mol. The van der Waals surface area contributed by atoms with Gasteiger partial charge in [-0.25, -0.2) is 0 Å². The van der Waals surface area contributed by atoms with Gasteiger partial charge in [0.2, 0.25) is 0 Å². The van der Waals surface area contributed by atoms with Crippen LogP contribution in [0.25, 0.3) is 0 Å². The fourth-order valence-electron chi connectivity index (χ4n) is 3.51. The first-order valence-corrected chi connectivity index (χ1v) is 7.29. The molecular formula is C16H24N2O. The third kappa shape index (κ3) is 2.49. The summed E-state index contributed by atoms with van der Waals surface area (Å²) >= 11 is 0. The summed E-state index contributed by atoms with van der Waals surface area (Å²) in [6, 6.07) is 8.85. The van der Waals surface area contributed by atoms with Crippen LogP contribution in [0.1, 0.15) is 44.6 Å². The highest BCUT2D eigenvalue weighted by Crippen LogP contribution is 2.55. The SMILES string of the molecule is CC1(C)CC1C(CC1CCOc2ccccc21)NN. The number of fused-ring (bicyclic) bond motifs is 1. The molecule has 2 aliphatic rings. The highest BCUT2D eigenvalue weighted by molar-refractivity contribution is 5.37. The molecule has 0 radical (unpaired) electrons. The van der Waals surface area contributed by atoms with Gasteiger partial charge in [0, 0.05) is 6.04 Å². The number of hydrogen-bond donors (Lipinski definition) is 2. The number of nitrogens with two attached hydrogens (primary N) is 1. The van der Waals surface area contributed by atoms with Crippen molar-refractivity contribution in [3.8, 4) is 5.75 Å². The van der Waals surface area contributed by atoms with Crippen molar-refractivity contribution in [2.75, 3.05) is 6.61 Å². The van der Waals surface area contributed by atoms with Crippen LogP contribution in [0.2, 0.25) is 0 Å².